The highest BCUT2D eigenvalue weighted by Crippen LogP contribution is 2.30. The van der Waals surface area contributed by atoms with Crippen LogP contribution in [0.2, 0.25) is 0 Å². The summed E-state index contributed by atoms with van der Waals surface area (Å²) in [4.78, 5) is 19.1. The number of halogens is 2. The van der Waals surface area contributed by atoms with Crippen molar-refractivity contribution in [2.75, 3.05) is 0 Å². The van der Waals surface area contributed by atoms with Crippen LogP contribution in [0.4, 0.5) is 8.78 Å². The number of rotatable bonds is 4. The lowest BCUT2D eigenvalue weighted by molar-refractivity contribution is 0.153. The summed E-state index contributed by atoms with van der Waals surface area (Å²) < 4.78 is 30.4. The number of nitrogens with zero attached hydrogens (tertiary/aromatic N) is 4. The van der Waals surface area contributed by atoms with E-state index in [9.17, 15) is 13.6 Å². The summed E-state index contributed by atoms with van der Waals surface area (Å²) in [6.45, 7) is 5.63. The molecule has 0 aliphatic carbocycles. The predicted molar refractivity (Wildman–Crippen MR) is 93.3 cm³/mol. The number of nitrogens with one attached hydrogen (secondary N) is 1. The number of aromatic amines is 1. The van der Waals surface area contributed by atoms with Gasteiger partial charge in [0.1, 0.15) is 5.65 Å². The van der Waals surface area contributed by atoms with Crippen molar-refractivity contribution in [3.63, 3.8) is 0 Å². The minimum atomic E-state index is -2.84. The Morgan fingerprint density at radius 1 is 1.48 bits per heavy atom. The third kappa shape index (κ3) is 2.91. The van der Waals surface area contributed by atoms with Gasteiger partial charge < -0.3 is 0 Å². The van der Waals surface area contributed by atoms with Gasteiger partial charge in [-0.1, -0.05) is 6.08 Å². The van der Waals surface area contributed by atoms with Gasteiger partial charge in [-0.2, -0.15) is 5.10 Å². The number of H-pyrrole nitrogens is 1. The van der Waals surface area contributed by atoms with Crippen LogP contribution in [0.25, 0.3) is 22.3 Å². The van der Waals surface area contributed by atoms with Gasteiger partial charge in [-0.15, -0.1) is 6.58 Å². The number of hydrogen-bond donors (Lipinski definition) is 1. The second-order valence-electron chi connectivity index (χ2n) is 5.56. The van der Waals surface area contributed by atoms with E-state index in [0.29, 0.717) is 17.0 Å². The summed E-state index contributed by atoms with van der Waals surface area (Å²) >= 11 is 5.15. The fraction of sp³-hybridized carbons (Fsp3) is 0.250. The summed E-state index contributed by atoms with van der Waals surface area (Å²) in [7, 11) is 1.73. The minimum absolute atomic E-state index is 0.102. The Morgan fingerprint density at radius 2 is 2.20 bits per heavy atom. The van der Waals surface area contributed by atoms with Crippen LogP contribution in [-0.4, -0.2) is 24.3 Å². The summed E-state index contributed by atoms with van der Waals surface area (Å²) in [5.74, 6) is 0. The van der Waals surface area contributed by atoms with Crippen LogP contribution in [0.5, 0.6) is 0 Å². The molecule has 0 aliphatic heterocycles. The molecule has 0 aliphatic rings. The lowest BCUT2D eigenvalue weighted by Crippen LogP contribution is -2.17. The molecule has 25 heavy (non-hydrogen) atoms. The summed E-state index contributed by atoms with van der Waals surface area (Å²) in [5, 5.41) is 4.04. The van der Waals surface area contributed by atoms with Crippen molar-refractivity contribution in [3.05, 3.63) is 51.3 Å². The number of hydrogen-bond acceptors (Lipinski definition) is 4. The van der Waals surface area contributed by atoms with E-state index >= 15 is 0 Å². The average Bonchev–Trinajstić information content (AvgIpc) is 2.88. The Balaban J connectivity index is 2.48. The van der Waals surface area contributed by atoms with E-state index in [0.717, 1.165) is 0 Å². The first-order valence-corrected chi connectivity index (χ1v) is 7.81. The Hall–Kier alpha value is -2.68. The Bertz CT molecular complexity index is 1100. The first kappa shape index (κ1) is 17.2. The van der Waals surface area contributed by atoms with E-state index in [1.54, 1.807) is 30.9 Å². The van der Waals surface area contributed by atoms with Gasteiger partial charge in [0.15, 0.2) is 4.77 Å². The van der Waals surface area contributed by atoms with E-state index in [-0.39, 0.29) is 22.3 Å². The van der Waals surface area contributed by atoms with Crippen LogP contribution in [0.15, 0.2) is 29.7 Å². The van der Waals surface area contributed by atoms with Crippen molar-refractivity contribution < 1.29 is 8.78 Å². The number of aryl methyl sites for hydroxylation is 2. The first-order chi connectivity index (χ1) is 11.8. The normalized spacial score (nSPS) is 11.4. The van der Waals surface area contributed by atoms with Gasteiger partial charge in [0.05, 0.1) is 16.8 Å². The number of aromatic nitrogens is 5. The molecule has 3 heterocycles. The van der Waals surface area contributed by atoms with Crippen LogP contribution in [0.3, 0.4) is 0 Å². The third-order valence-corrected chi connectivity index (χ3v) is 4.14. The monoisotopic (exact) mass is 363 g/mol. The number of alkyl halides is 2. The van der Waals surface area contributed by atoms with Gasteiger partial charge in [0.2, 0.25) is 0 Å². The highest BCUT2D eigenvalue weighted by Gasteiger charge is 2.21. The lowest BCUT2D eigenvalue weighted by Gasteiger charge is -2.13. The fourth-order valence-electron chi connectivity index (χ4n) is 2.76. The van der Waals surface area contributed by atoms with Crippen LogP contribution in [0, 0.1) is 11.7 Å². The molecule has 0 spiro atoms. The number of allylic oxidation sites excluding steroid dienone is 1. The first-order valence-electron chi connectivity index (χ1n) is 7.41. The third-order valence-electron chi connectivity index (χ3n) is 3.82. The SMILES string of the molecule is C=CCn1c(=S)[nH]c(=O)c2c(C(F)F)cc(-c3cn(C)nc3C)nc21. The molecule has 3 aromatic heterocycles. The second kappa shape index (κ2) is 6.32. The maximum absolute atomic E-state index is 13.6. The van der Waals surface area contributed by atoms with E-state index in [1.807, 2.05) is 0 Å². The standard InChI is InChI=1S/C16H15F2N5OS/c1-4-5-23-14-12(15(24)20-16(23)25)9(13(17)18)6-11(19-14)10-7-22(3)21-8(10)2/h4,6-7,13H,1,5H2,2-3H3,(H,20,24,25). The Morgan fingerprint density at radius 3 is 2.76 bits per heavy atom. The lowest BCUT2D eigenvalue weighted by atomic mass is 10.1. The summed E-state index contributed by atoms with van der Waals surface area (Å²) in [6, 6.07) is 1.23. The molecule has 0 atom stereocenters. The van der Waals surface area contributed by atoms with Crippen LogP contribution >= 0.6 is 12.2 Å². The van der Waals surface area contributed by atoms with Crippen molar-refractivity contribution in [2.24, 2.45) is 7.05 Å². The molecule has 3 aromatic rings. The Labute approximate surface area is 146 Å². The molecule has 0 saturated heterocycles. The maximum Gasteiger partial charge on any atom is 0.264 e. The molecule has 6 nitrogen and oxygen atoms in total. The molecule has 0 fully saturated rings. The largest absolute Gasteiger partial charge is 0.299 e. The molecule has 130 valence electrons. The van der Waals surface area contributed by atoms with E-state index < -0.39 is 17.5 Å². The zero-order chi connectivity index (χ0) is 18.3. The predicted octanol–water partition coefficient (Wildman–Crippen LogP) is 3.29. The molecule has 1 N–H and O–H groups in total. The summed E-state index contributed by atoms with van der Waals surface area (Å²) in [5.41, 5.74) is 0.599. The molecule has 0 saturated carbocycles. The van der Waals surface area contributed by atoms with Crippen molar-refractivity contribution in [2.45, 2.75) is 19.9 Å². The molecular formula is C16H15F2N5OS. The maximum atomic E-state index is 13.6. The van der Waals surface area contributed by atoms with Crippen LogP contribution in [0.1, 0.15) is 17.7 Å². The Kier molecular flexibility index (Phi) is 4.34. The second-order valence-corrected chi connectivity index (χ2v) is 5.94. The van der Waals surface area contributed by atoms with E-state index in [2.05, 4.69) is 21.6 Å². The molecular weight excluding hydrogens is 348 g/mol. The molecule has 0 radical (unpaired) electrons. The summed E-state index contributed by atoms with van der Waals surface area (Å²) in [6.07, 6.45) is 0.410. The van der Waals surface area contributed by atoms with Crippen molar-refractivity contribution in [1.29, 1.82) is 0 Å². The number of fused-ring (bicyclic) bond motifs is 1. The molecule has 0 unspecified atom stereocenters. The average molecular weight is 363 g/mol. The van der Waals surface area contributed by atoms with Gasteiger partial charge in [-0.25, -0.2) is 13.8 Å². The number of pyridine rings is 1. The van der Waals surface area contributed by atoms with E-state index in [4.69, 9.17) is 12.2 Å². The quantitative estimate of drug-likeness (QED) is 0.570. The van der Waals surface area contributed by atoms with Crippen molar-refractivity contribution in [3.8, 4) is 11.3 Å². The zero-order valence-electron chi connectivity index (χ0n) is 13.6. The molecule has 9 heteroatoms. The van der Waals surface area contributed by atoms with Crippen LogP contribution in [-0.2, 0) is 13.6 Å². The molecule has 0 amide bonds. The molecule has 0 aromatic carbocycles. The van der Waals surface area contributed by atoms with E-state index in [1.165, 1.54) is 10.6 Å². The van der Waals surface area contributed by atoms with Gasteiger partial charge in [0.25, 0.3) is 12.0 Å². The van der Waals surface area contributed by atoms with Gasteiger partial charge in [-0.05, 0) is 25.2 Å². The van der Waals surface area contributed by atoms with Gasteiger partial charge >= 0.3 is 0 Å². The van der Waals surface area contributed by atoms with Gasteiger partial charge in [-0.3, -0.25) is 19.0 Å². The van der Waals surface area contributed by atoms with Gasteiger partial charge in [0, 0.05) is 30.9 Å². The molecule has 0 bridgehead atoms. The van der Waals surface area contributed by atoms with Crippen LogP contribution < -0.4 is 5.56 Å². The zero-order valence-corrected chi connectivity index (χ0v) is 14.4. The highest BCUT2D eigenvalue weighted by molar-refractivity contribution is 7.71. The highest BCUT2D eigenvalue weighted by atomic mass is 32.1. The molecule has 3 rings (SSSR count). The van der Waals surface area contributed by atoms with Crippen molar-refractivity contribution >= 4 is 23.3 Å². The topological polar surface area (TPSA) is 68.5 Å². The smallest absolute Gasteiger partial charge is 0.264 e. The fourth-order valence-corrected chi connectivity index (χ4v) is 3.02. The van der Waals surface area contributed by atoms with Crippen molar-refractivity contribution in [1.82, 2.24) is 24.3 Å². The minimum Gasteiger partial charge on any atom is -0.299 e.